The van der Waals surface area contributed by atoms with Gasteiger partial charge in [0.2, 0.25) is 29.5 Å². The van der Waals surface area contributed by atoms with Gasteiger partial charge in [-0.1, -0.05) is 42.5 Å². The highest BCUT2D eigenvalue weighted by Crippen LogP contribution is 2.17. The van der Waals surface area contributed by atoms with Gasteiger partial charge in [0.15, 0.2) is 5.96 Å². The summed E-state index contributed by atoms with van der Waals surface area (Å²) < 4.78 is 0. The molecule has 0 saturated carbocycles. The number of nitrogens with two attached hydrogens (primary N) is 4. The van der Waals surface area contributed by atoms with Gasteiger partial charge in [0.1, 0.15) is 30.2 Å². The van der Waals surface area contributed by atoms with Crippen molar-refractivity contribution in [3.05, 3.63) is 48.0 Å². The van der Waals surface area contributed by atoms with E-state index in [4.69, 9.17) is 22.9 Å². The number of carboxylic acids is 3. The second-order valence-corrected chi connectivity index (χ2v) is 13.6. The number of aliphatic carboxylic acids is 3. The number of rotatable bonds is 26. The van der Waals surface area contributed by atoms with E-state index in [-0.39, 0.29) is 44.7 Å². The minimum absolute atomic E-state index is 0.0803. The van der Waals surface area contributed by atoms with E-state index in [1.807, 2.05) is 30.3 Å². The molecule has 0 unspecified atom stereocenters. The second-order valence-electron chi connectivity index (χ2n) is 13.6. The molecule has 0 spiro atoms. The summed E-state index contributed by atoms with van der Waals surface area (Å²) in [5, 5.41) is 41.8. The van der Waals surface area contributed by atoms with Crippen molar-refractivity contribution in [3.63, 3.8) is 0 Å². The minimum atomic E-state index is -1.79. The fourth-order valence-corrected chi connectivity index (χ4v) is 5.61. The lowest BCUT2D eigenvalue weighted by atomic mass is 10.00. The van der Waals surface area contributed by atoms with Crippen molar-refractivity contribution >= 4 is 64.2 Å². The molecule has 0 aliphatic rings. The number of aliphatic imine (C=N–C) groups is 1. The standard InChI is InChI=1S/C37H54N10O11/c1-20(36(57)58)43-32(53)26(13-14-29(48)49)45-33(54)25(10-4-5-15-38)44-35(56)28(19-30(50)51)47-34(55)27(46-31(52)24(39)9-6-16-42-37(40)41)18-21-11-12-22-7-2-3-8-23(22)17-21/h2-3,7-8,11-12,17,20,24-28H,4-6,9-10,13-16,18-19,38-39H2,1H3,(H,43,53)(H,44,56)(H,45,54)(H,46,52)(H,47,55)(H,48,49)(H,50,51)(H,57,58)(H4,40,41,42)/t20-,24-,25-,26-,27-,28-/m0/s1. The minimum Gasteiger partial charge on any atom is -0.481 e. The summed E-state index contributed by atoms with van der Waals surface area (Å²) in [5.74, 6) is -9.09. The lowest BCUT2D eigenvalue weighted by molar-refractivity contribution is -0.142. The highest BCUT2D eigenvalue weighted by Gasteiger charge is 2.33. The maximum Gasteiger partial charge on any atom is 0.325 e. The Hall–Kier alpha value is -6.35. The van der Waals surface area contributed by atoms with E-state index in [2.05, 4.69) is 31.6 Å². The summed E-state index contributed by atoms with van der Waals surface area (Å²) in [6, 6.07) is 4.13. The molecule has 5 amide bonds. The molecule has 0 aliphatic heterocycles. The third-order valence-corrected chi connectivity index (χ3v) is 8.79. The van der Waals surface area contributed by atoms with Crippen LogP contribution in [0.4, 0.5) is 0 Å². The molecule has 318 valence electrons. The van der Waals surface area contributed by atoms with Gasteiger partial charge in [-0.2, -0.15) is 0 Å². The quantitative estimate of drug-likeness (QED) is 0.0271. The van der Waals surface area contributed by atoms with Gasteiger partial charge in [0, 0.05) is 19.4 Å². The predicted octanol–water partition coefficient (Wildman–Crippen LogP) is -2.24. The summed E-state index contributed by atoms with van der Waals surface area (Å²) in [7, 11) is 0. The summed E-state index contributed by atoms with van der Waals surface area (Å²) in [5.41, 5.74) is 23.0. The first kappa shape index (κ1) is 47.8. The molecule has 2 rings (SSSR count). The second kappa shape index (κ2) is 24.3. The third-order valence-electron chi connectivity index (χ3n) is 8.79. The molecule has 2 aromatic rings. The summed E-state index contributed by atoms with van der Waals surface area (Å²) in [6.07, 6.45) is -1.03. The predicted molar refractivity (Wildman–Crippen MR) is 211 cm³/mol. The van der Waals surface area contributed by atoms with E-state index >= 15 is 0 Å². The Morgan fingerprint density at radius 2 is 1.22 bits per heavy atom. The van der Waals surface area contributed by atoms with Crippen molar-refractivity contribution < 1.29 is 53.7 Å². The Balaban J connectivity index is 2.38. The fraction of sp³-hybridized carbons (Fsp3) is 0.486. The van der Waals surface area contributed by atoms with E-state index in [0.29, 0.717) is 18.4 Å². The van der Waals surface area contributed by atoms with Gasteiger partial charge in [-0.25, -0.2) is 0 Å². The van der Waals surface area contributed by atoms with Crippen LogP contribution in [0.1, 0.15) is 63.9 Å². The highest BCUT2D eigenvalue weighted by atomic mass is 16.4. The van der Waals surface area contributed by atoms with Crippen LogP contribution in [0.2, 0.25) is 0 Å². The van der Waals surface area contributed by atoms with Gasteiger partial charge in [-0.05, 0) is 68.3 Å². The van der Waals surface area contributed by atoms with Crippen molar-refractivity contribution in [2.75, 3.05) is 13.1 Å². The first-order valence-electron chi connectivity index (χ1n) is 18.6. The van der Waals surface area contributed by atoms with Gasteiger partial charge < -0.3 is 64.8 Å². The van der Waals surface area contributed by atoms with Crippen molar-refractivity contribution in [1.29, 1.82) is 0 Å². The third kappa shape index (κ3) is 17.2. The zero-order valence-corrected chi connectivity index (χ0v) is 32.1. The number of benzene rings is 2. The maximum atomic E-state index is 13.9. The van der Waals surface area contributed by atoms with Crippen LogP contribution in [0.5, 0.6) is 0 Å². The Bertz CT molecular complexity index is 1800. The SMILES string of the molecule is C[C@H](NC(=O)[C@H](CCC(=O)O)NC(=O)[C@H](CCCCN)NC(=O)[C@H](CC(=O)O)NC(=O)[C@H](Cc1ccc2ccccc2c1)NC(=O)[C@@H](N)CCCN=C(N)N)C(=O)O. The van der Waals surface area contributed by atoms with Gasteiger partial charge >= 0.3 is 17.9 Å². The molecule has 0 heterocycles. The fourth-order valence-electron chi connectivity index (χ4n) is 5.61. The normalized spacial score (nSPS) is 14.0. The zero-order chi connectivity index (χ0) is 43.4. The topological polar surface area (TPSA) is 374 Å². The Labute approximate surface area is 334 Å². The van der Waals surface area contributed by atoms with E-state index in [0.717, 1.165) is 17.7 Å². The molecule has 0 bridgehead atoms. The molecule has 58 heavy (non-hydrogen) atoms. The van der Waals surface area contributed by atoms with Crippen LogP contribution in [-0.2, 0) is 44.8 Å². The number of unbranched alkanes of at least 4 members (excludes halogenated alkanes) is 1. The molecule has 2 aromatic carbocycles. The molecule has 0 aromatic heterocycles. The number of carbonyl (C=O) groups excluding carboxylic acids is 5. The average molecular weight is 815 g/mol. The summed E-state index contributed by atoms with van der Waals surface area (Å²) >= 11 is 0. The first-order valence-corrected chi connectivity index (χ1v) is 18.6. The van der Waals surface area contributed by atoms with E-state index < -0.39 is 103 Å². The zero-order valence-electron chi connectivity index (χ0n) is 32.1. The van der Waals surface area contributed by atoms with Gasteiger partial charge in [-0.3, -0.25) is 43.3 Å². The smallest absolute Gasteiger partial charge is 0.325 e. The molecule has 21 nitrogen and oxygen atoms in total. The van der Waals surface area contributed by atoms with Gasteiger partial charge in [0.25, 0.3) is 0 Å². The number of nitrogens with one attached hydrogen (secondary N) is 5. The lowest BCUT2D eigenvalue weighted by Gasteiger charge is -2.26. The maximum absolute atomic E-state index is 13.9. The Kier molecular flexibility index (Phi) is 20.0. The number of carboxylic acid groups (broad SMARTS) is 3. The molecule has 0 fully saturated rings. The number of carbonyl (C=O) groups is 8. The van der Waals surface area contributed by atoms with Crippen LogP contribution in [0.15, 0.2) is 47.5 Å². The van der Waals surface area contributed by atoms with Crippen LogP contribution < -0.4 is 49.5 Å². The summed E-state index contributed by atoms with van der Waals surface area (Å²) in [6.45, 7) is 1.56. The Morgan fingerprint density at radius 1 is 0.655 bits per heavy atom. The van der Waals surface area contributed by atoms with Crippen molar-refractivity contribution in [2.24, 2.45) is 27.9 Å². The van der Waals surface area contributed by atoms with Gasteiger partial charge in [-0.15, -0.1) is 0 Å². The molecule has 0 saturated heterocycles. The summed E-state index contributed by atoms with van der Waals surface area (Å²) in [4.78, 5) is 106. The molecule has 0 aliphatic carbocycles. The molecule has 0 radical (unpaired) electrons. The molecular formula is C37H54N10O11. The monoisotopic (exact) mass is 814 g/mol. The number of hydrogen-bond acceptors (Lipinski definition) is 11. The van der Waals surface area contributed by atoms with Crippen LogP contribution >= 0.6 is 0 Å². The van der Waals surface area contributed by atoms with Crippen molar-refractivity contribution in [3.8, 4) is 0 Å². The number of hydrogen-bond donors (Lipinski definition) is 12. The lowest BCUT2D eigenvalue weighted by Crippen LogP contribution is -2.59. The highest BCUT2D eigenvalue weighted by molar-refractivity contribution is 5.97. The number of nitrogens with zero attached hydrogens (tertiary/aromatic N) is 1. The van der Waals surface area contributed by atoms with Crippen LogP contribution in [0, 0.1) is 0 Å². The largest absolute Gasteiger partial charge is 0.481 e. The molecular weight excluding hydrogens is 760 g/mol. The van der Waals surface area contributed by atoms with Crippen molar-refractivity contribution in [1.82, 2.24) is 26.6 Å². The number of amides is 5. The Morgan fingerprint density at radius 3 is 1.83 bits per heavy atom. The van der Waals surface area contributed by atoms with Crippen molar-refractivity contribution in [2.45, 2.75) is 101 Å². The van der Waals surface area contributed by atoms with Crippen LogP contribution in [0.3, 0.4) is 0 Å². The van der Waals surface area contributed by atoms with Crippen LogP contribution in [0.25, 0.3) is 10.8 Å². The molecule has 6 atom stereocenters. The first-order chi connectivity index (χ1) is 27.4. The van der Waals surface area contributed by atoms with Crippen LogP contribution in [-0.4, -0.2) is 118 Å². The van der Waals surface area contributed by atoms with Gasteiger partial charge in [0.05, 0.1) is 12.5 Å². The number of guanidine groups is 1. The van der Waals surface area contributed by atoms with E-state index in [1.165, 1.54) is 0 Å². The number of fused-ring (bicyclic) bond motifs is 1. The average Bonchev–Trinajstić information content (AvgIpc) is 3.16. The van der Waals surface area contributed by atoms with E-state index in [1.54, 1.807) is 12.1 Å². The molecule has 16 N–H and O–H groups in total. The molecule has 21 heteroatoms. The van der Waals surface area contributed by atoms with E-state index in [9.17, 15) is 53.7 Å².